The number of carboxylic acid groups (broad SMARTS) is 1. The fraction of sp³-hybridized carbons (Fsp3) is 0.471. The average molecular weight is 318 g/mol. The van der Waals surface area contributed by atoms with Crippen molar-refractivity contribution in [3.63, 3.8) is 0 Å². The van der Waals surface area contributed by atoms with E-state index in [2.05, 4.69) is 5.32 Å². The molecule has 0 unspecified atom stereocenters. The van der Waals surface area contributed by atoms with Gasteiger partial charge in [-0.3, -0.25) is 9.59 Å². The number of nitrogens with zero attached hydrogens (tertiary/aromatic N) is 1. The van der Waals surface area contributed by atoms with Crippen molar-refractivity contribution in [1.29, 1.82) is 0 Å². The third-order valence-corrected chi connectivity index (χ3v) is 4.23. The van der Waals surface area contributed by atoms with Crippen LogP contribution in [-0.4, -0.2) is 47.4 Å². The molecular weight excluding hydrogens is 296 g/mol. The first-order chi connectivity index (χ1) is 11.0. The van der Waals surface area contributed by atoms with Gasteiger partial charge in [-0.05, 0) is 37.3 Å². The van der Waals surface area contributed by atoms with E-state index < -0.39 is 12.0 Å². The first-order valence-electron chi connectivity index (χ1n) is 7.87. The summed E-state index contributed by atoms with van der Waals surface area (Å²) in [6, 6.07) is 6.29. The summed E-state index contributed by atoms with van der Waals surface area (Å²) in [6.45, 7) is 0.581. The van der Waals surface area contributed by atoms with E-state index in [0.29, 0.717) is 24.9 Å². The number of aryl methyl sites for hydroxylation is 1. The van der Waals surface area contributed by atoms with Crippen molar-refractivity contribution in [2.75, 3.05) is 13.6 Å². The molecule has 6 nitrogen and oxygen atoms in total. The molecule has 1 aromatic carbocycles. The molecular formula is C17H22N2O4. The number of nitrogens with one attached hydrogen (secondary N) is 1. The van der Waals surface area contributed by atoms with Crippen molar-refractivity contribution in [3.05, 3.63) is 35.4 Å². The van der Waals surface area contributed by atoms with Gasteiger partial charge in [0.1, 0.15) is 6.04 Å². The molecule has 6 heteroatoms. The first-order valence-corrected chi connectivity index (χ1v) is 7.87. The van der Waals surface area contributed by atoms with Gasteiger partial charge in [0, 0.05) is 20.0 Å². The maximum Gasteiger partial charge on any atom is 0.335 e. The lowest BCUT2D eigenvalue weighted by Gasteiger charge is -2.34. The number of hydrogen-bond acceptors (Lipinski definition) is 3. The molecule has 0 spiro atoms. The fourth-order valence-electron chi connectivity index (χ4n) is 3.00. The van der Waals surface area contributed by atoms with E-state index in [1.165, 1.54) is 6.07 Å². The van der Waals surface area contributed by atoms with E-state index in [0.717, 1.165) is 12.8 Å². The van der Waals surface area contributed by atoms with Crippen LogP contribution in [0.25, 0.3) is 0 Å². The van der Waals surface area contributed by atoms with Crippen molar-refractivity contribution in [3.8, 4) is 0 Å². The van der Waals surface area contributed by atoms with Gasteiger partial charge in [-0.15, -0.1) is 0 Å². The summed E-state index contributed by atoms with van der Waals surface area (Å²) in [5.41, 5.74) is 0.864. The van der Waals surface area contributed by atoms with Crippen LogP contribution < -0.4 is 5.32 Å². The third-order valence-electron chi connectivity index (χ3n) is 4.23. The molecule has 0 bridgehead atoms. The monoisotopic (exact) mass is 318 g/mol. The maximum absolute atomic E-state index is 12.5. The minimum atomic E-state index is -0.991. The number of amides is 2. The number of carboxylic acids is 1. The van der Waals surface area contributed by atoms with Gasteiger partial charge in [-0.1, -0.05) is 18.2 Å². The van der Waals surface area contributed by atoms with E-state index >= 15 is 0 Å². The highest BCUT2D eigenvalue weighted by molar-refractivity contribution is 5.90. The Kier molecular flexibility index (Phi) is 5.73. The molecule has 0 aliphatic carbocycles. The van der Waals surface area contributed by atoms with Crippen molar-refractivity contribution in [2.24, 2.45) is 0 Å². The molecule has 1 saturated heterocycles. The molecule has 0 saturated carbocycles. The van der Waals surface area contributed by atoms with Crippen molar-refractivity contribution < 1.29 is 19.5 Å². The highest BCUT2D eigenvalue weighted by Crippen LogP contribution is 2.19. The molecule has 1 atom stereocenters. The normalized spacial score (nSPS) is 17.6. The van der Waals surface area contributed by atoms with E-state index in [1.807, 2.05) is 0 Å². The van der Waals surface area contributed by atoms with Crippen LogP contribution in [0.4, 0.5) is 0 Å². The van der Waals surface area contributed by atoms with E-state index in [-0.39, 0.29) is 23.8 Å². The molecule has 2 N–H and O–H groups in total. The number of rotatable bonds is 5. The van der Waals surface area contributed by atoms with Crippen LogP contribution in [0.3, 0.4) is 0 Å². The van der Waals surface area contributed by atoms with Gasteiger partial charge in [0.2, 0.25) is 11.8 Å². The average Bonchev–Trinajstić information content (AvgIpc) is 2.59. The lowest BCUT2D eigenvalue weighted by Crippen LogP contribution is -2.51. The Hall–Kier alpha value is -2.37. The van der Waals surface area contributed by atoms with Gasteiger partial charge in [0.15, 0.2) is 0 Å². The van der Waals surface area contributed by atoms with Crippen molar-refractivity contribution in [2.45, 2.75) is 38.1 Å². The predicted molar refractivity (Wildman–Crippen MR) is 85.1 cm³/mol. The van der Waals surface area contributed by atoms with Crippen LogP contribution in [0.15, 0.2) is 24.3 Å². The zero-order chi connectivity index (χ0) is 16.8. The Labute approximate surface area is 135 Å². The van der Waals surface area contributed by atoms with Gasteiger partial charge in [-0.2, -0.15) is 0 Å². The molecule has 1 aliphatic heterocycles. The lowest BCUT2D eigenvalue weighted by molar-refractivity contribution is -0.142. The summed E-state index contributed by atoms with van der Waals surface area (Å²) in [6.07, 6.45) is 3.07. The third kappa shape index (κ3) is 4.09. The Morgan fingerprint density at radius 2 is 2.00 bits per heavy atom. The number of carbonyl (C=O) groups excluding carboxylic acids is 2. The van der Waals surface area contributed by atoms with Crippen LogP contribution in [0.1, 0.15) is 41.6 Å². The van der Waals surface area contributed by atoms with Gasteiger partial charge in [-0.25, -0.2) is 4.79 Å². The van der Waals surface area contributed by atoms with Crippen molar-refractivity contribution >= 4 is 17.8 Å². The standard InChI is InChI=1S/C17H22N2O4/c1-18-16(21)14-8-4-5-11-19(14)15(20)10-9-12-6-2-3-7-13(12)17(22)23/h2-3,6-7,14H,4-5,8-11H2,1H3,(H,18,21)(H,22,23)/t14-/m1/s1. The number of carbonyl (C=O) groups is 3. The Morgan fingerprint density at radius 3 is 2.70 bits per heavy atom. The molecule has 0 radical (unpaired) electrons. The van der Waals surface area contributed by atoms with Gasteiger partial charge in [0.05, 0.1) is 5.56 Å². The number of benzene rings is 1. The summed E-state index contributed by atoms with van der Waals surface area (Å²) in [5.74, 6) is -1.23. The highest BCUT2D eigenvalue weighted by atomic mass is 16.4. The number of hydrogen-bond donors (Lipinski definition) is 2. The summed E-state index contributed by atoms with van der Waals surface area (Å²) < 4.78 is 0. The topological polar surface area (TPSA) is 86.7 Å². The highest BCUT2D eigenvalue weighted by Gasteiger charge is 2.31. The molecule has 1 aromatic rings. The number of piperidine rings is 1. The van der Waals surface area contributed by atoms with Gasteiger partial charge in [0.25, 0.3) is 0 Å². The Balaban J connectivity index is 2.04. The molecule has 1 fully saturated rings. The van der Waals surface area contributed by atoms with Gasteiger partial charge >= 0.3 is 5.97 Å². The summed E-state index contributed by atoms with van der Waals surface area (Å²) in [5, 5.41) is 11.8. The number of likely N-dealkylation sites (tertiary alicyclic amines) is 1. The van der Waals surface area contributed by atoms with Crippen LogP contribution in [0, 0.1) is 0 Å². The first kappa shape index (κ1) is 17.0. The molecule has 124 valence electrons. The Bertz CT molecular complexity index is 600. The second kappa shape index (κ2) is 7.76. The second-order valence-electron chi connectivity index (χ2n) is 5.68. The van der Waals surface area contributed by atoms with Crippen LogP contribution in [0.2, 0.25) is 0 Å². The van der Waals surface area contributed by atoms with Crippen molar-refractivity contribution in [1.82, 2.24) is 10.2 Å². The minimum absolute atomic E-state index is 0.0986. The summed E-state index contributed by atoms with van der Waals surface area (Å²) in [4.78, 5) is 37.2. The Morgan fingerprint density at radius 1 is 1.26 bits per heavy atom. The second-order valence-corrected chi connectivity index (χ2v) is 5.68. The largest absolute Gasteiger partial charge is 0.478 e. The van der Waals surface area contributed by atoms with E-state index in [4.69, 9.17) is 0 Å². The summed E-state index contributed by atoms with van der Waals surface area (Å²) in [7, 11) is 1.57. The molecule has 1 heterocycles. The quantitative estimate of drug-likeness (QED) is 0.860. The number of likely N-dealkylation sites (N-methyl/N-ethyl adjacent to an activating group) is 1. The van der Waals surface area contributed by atoms with Gasteiger partial charge < -0.3 is 15.3 Å². The van der Waals surface area contributed by atoms with Crippen LogP contribution in [-0.2, 0) is 16.0 Å². The maximum atomic E-state index is 12.5. The minimum Gasteiger partial charge on any atom is -0.478 e. The SMILES string of the molecule is CNC(=O)[C@H]1CCCCN1C(=O)CCc1ccccc1C(=O)O. The fourth-order valence-corrected chi connectivity index (χ4v) is 3.00. The number of aromatic carboxylic acids is 1. The molecule has 0 aromatic heterocycles. The predicted octanol–water partition coefficient (Wildman–Crippen LogP) is 1.44. The molecule has 1 aliphatic rings. The molecule has 2 rings (SSSR count). The van der Waals surface area contributed by atoms with E-state index in [9.17, 15) is 19.5 Å². The smallest absolute Gasteiger partial charge is 0.335 e. The van der Waals surface area contributed by atoms with Crippen LogP contribution >= 0.6 is 0 Å². The summed E-state index contributed by atoms with van der Waals surface area (Å²) >= 11 is 0. The lowest BCUT2D eigenvalue weighted by atomic mass is 9.99. The molecule has 23 heavy (non-hydrogen) atoms. The van der Waals surface area contributed by atoms with E-state index in [1.54, 1.807) is 30.1 Å². The zero-order valence-corrected chi connectivity index (χ0v) is 13.2. The zero-order valence-electron chi connectivity index (χ0n) is 13.2. The van der Waals surface area contributed by atoms with Crippen LogP contribution in [0.5, 0.6) is 0 Å². The molecule has 2 amide bonds.